The average Bonchev–Trinajstić information content (AvgIpc) is 2.42. The lowest BCUT2D eigenvalue weighted by Gasteiger charge is -2.38. The minimum Gasteiger partial charge on any atom is -0.330 e. The third-order valence-corrected chi connectivity index (χ3v) is 4.26. The van der Waals surface area contributed by atoms with Gasteiger partial charge < -0.3 is 10.6 Å². The standard InChI is InChI=1S/C16H27N3/c1-13(10-17)16-6-4-15(5-7-16)12-19-9-8-18(3)11-14(19)2/h4-7,13-14H,8-12,17H2,1-3H3. The van der Waals surface area contributed by atoms with Crippen molar-refractivity contribution < 1.29 is 0 Å². The van der Waals surface area contributed by atoms with Crippen molar-refractivity contribution in [3.05, 3.63) is 35.4 Å². The fraction of sp³-hybridized carbons (Fsp3) is 0.625. The molecule has 2 unspecified atom stereocenters. The molecule has 1 aromatic rings. The molecule has 0 spiro atoms. The lowest BCUT2D eigenvalue weighted by molar-refractivity contribution is 0.0938. The Bertz CT molecular complexity index is 387. The first-order valence-corrected chi connectivity index (χ1v) is 7.31. The molecule has 1 aliphatic heterocycles. The summed E-state index contributed by atoms with van der Waals surface area (Å²) in [6.45, 7) is 9.78. The van der Waals surface area contributed by atoms with Crippen LogP contribution in [0.3, 0.4) is 0 Å². The van der Waals surface area contributed by atoms with E-state index in [1.54, 1.807) is 0 Å². The SMILES string of the molecule is CC(CN)c1ccc(CN2CCN(C)CC2C)cc1. The zero-order valence-electron chi connectivity index (χ0n) is 12.5. The summed E-state index contributed by atoms with van der Waals surface area (Å²) in [5.41, 5.74) is 8.46. The maximum Gasteiger partial charge on any atom is 0.0237 e. The largest absolute Gasteiger partial charge is 0.330 e. The lowest BCUT2D eigenvalue weighted by atomic mass is 10.00. The van der Waals surface area contributed by atoms with Gasteiger partial charge in [-0.3, -0.25) is 4.90 Å². The van der Waals surface area contributed by atoms with Gasteiger partial charge in [0.25, 0.3) is 0 Å². The Morgan fingerprint density at radius 1 is 1.26 bits per heavy atom. The molecule has 1 aromatic carbocycles. The Balaban J connectivity index is 1.96. The molecule has 0 radical (unpaired) electrons. The van der Waals surface area contributed by atoms with Gasteiger partial charge in [0, 0.05) is 32.2 Å². The summed E-state index contributed by atoms with van der Waals surface area (Å²) in [4.78, 5) is 4.98. The van der Waals surface area contributed by atoms with Gasteiger partial charge >= 0.3 is 0 Å². The number of hydrogen-bond donors (Lipinski definition) is 1. The number of piperazine rings is 1. The number of rotatable bonds is 4. The van der Waals surface area contributed by atoms with E-state index in [0.29, 0.717) is 12.0 Å². The third kappa shape index (κ3) is 3.78. The van der Waals surface area contributed by atoms with Gasteiger partial charge in [-0.1, -0.05) is 31.2 Å². The van der Waals surface area contributed by atoms with Crippen molar-refractivity contribution in [2.45, 2.75) is 32.4 Å². The highest BCUT2D eigenvalue weighted by molar-refractivity contribution is 5.25. The summed E-state index contributed by atoms with van der Waals surface area (Å²) in [7, 11) is 2.21. The highest BCUT2D eigenvalue weighted by Crippen LogP contribution is 2.17. The Hall–Kier alpha value is -0.900. The fourth-order valence-corrected chi connectivity index (χ4v) is 2.73. The molecule has 0 bridgehead atoms. The number of likely N-dealkylation sites (N-methyl/N-ethyl adjacent to an activating group) is 1. The number of nitrogens with two attached hydrogens (primary N) is 1. The van der Waals surface area contributed by atoms with Crippen molar-refractivity contribution in [1.82, 2.24) is 9.80 Å². The highest BCUT2D eigenvalue weighted by atomic mass is 15.3. The smallest absolute Gasteiger partial charge is 0.0237 e. The minimum absolute atomic E-state index is 0.455. The summed E-state index contributed by atoms with van der Waals surface area (Å²) in [5, 5.41) is 0. The van der Waals surface area contributed by atoms with Gasteiger partial charge in [-0.2, -0.15) is 0 Å². The van der Waals surface area contributed by atoms with Gasteiger partial charge in [0.15, 0.2) is 0 Å². The molecule has 2 rings (SSSR count). The van der Waals surface area contributed by atoms with Gasteiger partial charge in [0.2, 0.25) is 0 Å². The molecular formula is C16H27N3. The first-order valence-electron chi connectivity index (χ1n) is 7.31. The van der Waals surface area contributed by atoms with Gasteiger partial charge in [-0.15, -0.1) is 0 Å². The Morgan fingerprint density at radius 2 is 1.95 bits per heavy atom. The Morgan fingerprint density at radius 3 is 2.53 bits per heavy atom. The average molecular weight is 261 g/mol. The van der Waals surface area contributed by atoms with E-state index >= 15 is 0 Å². The van der Waals surface area contributed by atoms with Gasteiger partial charge in [-0.25, -0.2) is 0 Å². The monoisotopic (exact) mass is 261 g/mol. The van der Waals surface area contributed by atoms with Crippen LogP contribution in [0.5, 0.6) is 0 Å². The first kappa shape index (κ1) is 14.5. The van der Waals surface area contributed by atoms with Crippen molar-refractivity contribution in [3.8, 4) is 0 Å². The molecule has 1 saturated heterocycles. The molecule has 0 saturated carbocycles. The van der Waals surface area contributed by atoms with Crippen LogP contribution in [0.25, 0.3) is 0 Å². The van der Waals surface area contributed by atoms with Crippen molar-refractivity contribution in [1.29, 1.82) is 0 Å². The first-order chi connectivity index (χ1) is 9.10. The Labute approximate surface area is 117 Å². The van der Waals surface area contributed by atoms with E-state index in [2.05, 4.69) is 55.0 Å². The van der Waals surface area contributed by atoms with E-state index in [1.165, 1.54) is 30.8 Å². The van der Waals surface area contributed by atoms with E-state index in [4.69, 9.17) is 5.73 Å². The zero-order chi connectivity index (χ0) is 13.8. The number of nitrogens with zero attached hydrogens (tertiary/aromatic N) is 2. The van der Waals surface area contributed by atoms with Crippen LogP contribution in [0.15, 0.2) is 24.3 Å². The topological polar surface area (TPSA) is 32.5 Å². The Kier molecular flexibility index (Phi) is 4.97. The molecule has 2 N–H and O–H groups in total. The summed E-state index contributed by atoms with van der Waals surface area (Å²) < 4.78 is 0. The predicted octanol–water partition coefficient (Wildman–Crippen LogP) is 1.88. The molecule has 1 heterocycles. The van der Waals surface area contributed by atoms with E-state index in [0.717, 1.165) is 13.1 Å². The van der Waals surface area contributed by atoms with E-state index in [-0.39, 0.29) is 0 Å². The summed E-state index contributed by atoms with van der Waals surface area (Å²) in [5.74, 6) is 0.455. The van der Waals surface area contributed by atoms with Crippen molar-refractivity contribution in [3.63, 3.8) is 0 Å². The number of benzene rings is 1. The quantitative estimate of drug-likeness (QED) is 0.898. The molecule has 1 fully saturated rings. The lowest BCUT2D eigenvalue weighted by Crippen LogP contribution is -2.49. The van der Waals surface area contributed by atoms with Crippen molar-refractivity contribution in [2.24, 2.45) is 5.73 Å². The molecule has 3 heteroatoms. The van der Waals surface area contributed by atoms with Crippen LogP contribution in [-0.2, 0) is 6.54 Å². The summed E-state index contributed by atoms with van der Waals surface area (Å²) >= 11 is 0. The highest BCUT2D eigenvalue weighted by Gasteiger charge is 2.21. The molecule has 106 valence electrons. The molecule has 0 aromatic heterocycles. The normalized spacial score (nSPS) is 23.5. The molecule has 0 amide bonds. The van der Waals surface area contributed by atoms with Crippen LogP contribution in [0.4, 0.5) is 0 Å². The van der Waals surface area contributed by atoms with Crippen LogP contribution < -0.4 is 5.73 Å². The van der Waals surface area contributed by atoms with Gasteiger partial charge in [-0.05, 0) is 37.6 Å². The zero-order valence-corrected chi connectivity index (χ0v) is 12.5. The minimum atomic E-state index is 0.455. The van der Waals surface area contributed by atoms with Crippen LogP contribution >= 0.6 is 0 Å². The second-order valence-electron chi connectivity index (χ2n) is 5.96. The van der Waals surface area contributed by atoms with Gasteiger partial charge in [0.05, 0.1) is 0 Å². The molecular weight excluding hydrogens is 234 g/mol. The predicted molar refractivity (Wildman–Crippen MR) is 81.3 cm³/mol. The molecule has 2 atom stereocenters. The molecule has 3 nitrogen and oxygen atoms in total. The number of hydrogen-bond acceptors (Lipinski definition) is 3. The van der Waals surface area contributed by atoms with Gasteiger partial charge in [0.1, 0.15) is 0 Å². The third-order valence-electron chi connectivity index (χ3n) is 4.26. The second-order valence-corrected chi connectivity index (χ2v) is 5.96. The van der Waals surface area contributed by atoms with Crippen LogP contribution in [0.1, 0.15) is 30.9 Å². The molecule has 0 aliphatic carbocycles. The van der Waals surface area contributed by atoms with E-state index < -0.39 is 0 Å². The second kappa shape index (κ2) is 6.51. The maximum atomic E-state index is 5.71. The van der Waals surface area contributed by atoms with E-state index in [1.807, 2.05) is 0 Å². The molecule has 19 heavy (non-hydrogen) atoms. The maximum absolute atomic E-state index is 5.71. The van der Waals surface area contributed by atoms with Crippen LogP contribution in [0, 0.1) is 0 Å². The fourth-order valence-electron chi connectivity index (χ4n) is 2.73. The van der Waals surface area contributed by atoms with E-state index in [9.17, 15) is 0 Å². The molecule has 1 aliphatic rings. The van der Waals surface area contributed by atoms with Crippen LogP contribution in [0.2, 0.25) is 0 Å². The summed E-state index contributed by atoms with van der Waals surface area (Å²) in [6, 6.07) is 9.61. The van der Waals surface area contributed by atoms with Crippen molar-refractivity contribution >= 4 is 0 Å². The van der Waals surface area contributed by atoms with Crippen LogP contribution in [-0.4, -0.2) is 49.1 Å². The van der Waals surface area contributed by atoms with Crippen molar-refractivity contribution in [2.75, 3.05) is 33.2 Å². The summed E-state index contributed by atoms with van der Waals surface area (Å²) in [6.07, 6.45) is 0.